The predicted molar refractivity (Wildman–Crippen MR) is 83.0 cm³/mol. The summed E-state index contributed by atoms with van der Waals surface area (Å²) < 4.78 is 38.7. The van der Waals surface area contributed by atoms with Crippen molar-refractivity contribution in [1.82, 2.24) is 4.31 Å². The molecule has 1 unspecified atom stereocenters. The maximum absolute atomic E-state index is 12.2. The van der Waals surface area contributed by atoms with Crippen LogP contribution in [-0.4, -0.2) is 43.0 Å². The van der Waals surface area contributed by atoms with Crippen LogP contribution in [0.25, 0.3) is 0 Å². The largest absolute Gasteiger partial charge is 0.459 e. The highest BCUT2D eigenvalue weighted by atomic mass is 32.2. The van der Waals surface area contributed by atoms with Crippen molar-refractivity contribution in [3.8, 4) is 0 Å². The van der Waals surface area contributed by atoms with E-state index in [0.29, 0.717) is 0 Å². The molecule has 1 aromatic rings. The maximum atomic E-state index is 12.2. The van der Waals surface area contributed by atoms with Crippen LogP contribution in [0.4, 0.5) is 4.79 Å². The topological polar surface area (TPSA) is 99.2 Å². The van der Waals surface area contributed by atoms with Gasteiger partial charge in [-0.25, -0.2) is 9.59 Å². The normalized spacial score (nSPS) is 19.8. The molecule has 0 bridgehead atoms. The lowest BCUT2D eigenvalue weighted by molar-refractivity contribution is -0.149. The van der Waals surface area contributed by atoms with Crippen LogP contribution in [0.2, 0.25) is 0 Å². The van der Waals surface area contributed by atoms with Gasteiger partial charge in [-0.05, 0) is 26.3 Å². The van der Waals surface area contributed by atoms with E-state index in [9.17, 15) is 18.0 Å². The standard InChI is InChI=1S/C15H19NO7S/c1-15(2,3)23-14(18)16-12(10-22-24(16,19)20)13(17)21-9-11-7-5-4-6-8-11/h4-8,12H,9-10H2,1-3H3. The van der Waals surface area contributed by atoms with Crippen LogP contribution in [0, 0.1) is 0 Å². The number of esters is 1. The number of rotatable bonds is 3. The molecule has 1 amide bonds. The van der Waals surface area contributed by atoms with Crippen molar-refractivity contribution < 1.29 is 31.7 Å². The molecule has 9 heteroatoms. The van der Waals surface area contributed by atoms with Crippen molar-refractivity contribution in [1.29, 1.82) is 0 Å². The molecule has 0 aliphatic carbocycles. The van der Waals surface area contributed by atoms with Crippen LogP contribution < -0.4 is 0 Å². The van der Waals surface area contributed by atoms with E-state index in [0.717, 1.165) is 5.56 Å². The van der Waals surface area contributed by atoms with Gasteiger partial charge in [-0.3, -0.25) is 4.18 Å². The fourth-order valence-corrected chi connectivity index (χ4v) is 3.04. The van der Waals surface area contributed by atoms with Crippen molar-refractivity contribution in [3.05, 3.63) is 35.9 Å². The molecule has 2 rings (SSSR count). The van der Waals surface area contributed by atoms with Crippen LogP contribution in [-0.2, 0) is 35.4 Å². The molecule has 0 aromatic heterocycles. The molecule has 1 aliphatic rings. The van der Waals surface area contributed by atoms with E-state index in [-0.39, 0.29) is 10.9 Å². The quantitative estimate of drug-likeness (QED) is 0.758. The summed E-state index contributed by atoms with van der Waals surface area (Å²) in [7, 11) is -4.38. The highest BCUT2D eigenvalue weighted by molar-refractivity contribution is 7.85. The van der Waals surface area contributed by atoms with E-state index in [1.165, 1.54) is 0 Å². The summed E-state index contributed by atoms with van der Waals surface area (Å²) >= 11 is 0. The lowest BCUT2D eigenvalue weighted by atomic mass is 10.2. The van der Waals surface area contributed by atoms with Crippen LogP contribution in [0.3, 0.4) is 0 Å². The first-order valence-electron chi connectivity index (χ1n) is 7.22. The first-order valence-corrected chi connectivity index (χ1v) is 8.59. The Balaban J connectivity index is 2.09. The van der Waals surface area contributed by atoms with Gasteiger partial charge >= 0.3 is 22.4 Å². The summed E-state index contributed by atoms with van der Waals surface area (Å²) in [6, 6.07) is 7.46. The zero-order valence-electron chi connectivity index (χ0n) is 13.6. The molecule has 1 saturated heterocycles. The number of hydrogen-bond acceptors (Lipinski definition) is 7. The number of carbonyl (C=O) groups is 2. The van der Waals surface area contributed by atoms with E-state index in [2.05, 4.69) is 4.18 Å². The Hall–Kier alpha value is -2.13. The molecule has 132 valence electrons. The third-order valence-corrected chi connectivity index (χ3v) is 4.29. The zero-order chi connectivity index (χ0) is 18.0. The fraction of sp³-hybridized carbons (Fsp3) is 0.467. The Labute approximate surface area is 140 Å². The summed E-state index contributed by atoms with van der Waals surface area (Å²) in [6.07, 6.45) is -1.18. The summed E-state index contributed by atoms with van der Waals surface area (Å²) in [5, 5.41) is 0. The monoisotopic (exact) mass is 357 g/mol. The van der Waals surface area contributed by atoms with Gasteiger partial charge in [0, 0.05) is 0 Å². The summed E-state index contributed by atoms with van der Waals surface area (Å²) in [6.45, 7) is 4.19. The van der Waals surface area contributed by atoms with E-state index >= 15 is 0 Å². The van der Waals surface area contributed by atoms with Gasteiger partial charge in [0.25, 0.3) is 0 Å². The van der Waals surface area contributed by atoms with Gasteiger partial charge in [0.1, 0.15) is 18.8 Å². The summed E-state index contributed by atoms with van der Waals surface area (Å²) in [5.74, 6) is -0.884. The fourth-order valence-electron chi connectivity index (χ4n) is 1.94. The highest BCUT2D eigenvalue weighted by Gasteiger charge is 2.49. The average Bonchev–Trinajstić information content (AvgIpc) is 2.79. The SMILES string of the molecule is CC(C)(C)OC(=O)N1C(C(=O)OCc2ccccc2)COS1(=O)=O. The molecule has 1 heterocycles. The number of hydrogen-bond donors (Lipinski definition) is 0. The third kappa shape index (κ3) is 4.45. The number of nitrogens with zero attached hydrogens (tertiary/aromatic N) is 1. The zero-order valence-corrected chi connectivity index (χ0v) is 14.4. The Kier molecular flexibility index (Phi) is 5.14. The Morgan fingerprint density at radius 1 is 1.25 bits per heavy atom. The first kappa shape index (κ1) is 18.2. The van der Waals surface area contributed by atoms with Crippen molar-refractivity contribution in [2.24, 2.45) is 0 Å². The molecular formula is C15H19NO7S. The molecular weight excluding hydrogens is 338 g/mol. The van der Waals surface area contributed by atoms with Gasteiger partial charge in [-0.1, -0.05) is 30.3 Å². The van der Waals surface area contributed by atoms with Crippen LogP contribution in [0.1, 0.15) is 26.3 Å². The second-order valence-corrected chi connectivity index (χ2v) is 7.61. The van der Waals surface area contributed by atoms with Crippen molar-refractivity contribution in [2.75, 3.05) is 6.61 Å². The van der Waals surface area contributed by atoms with Crippen LogP contribution in [0.15, 0.2) is 30.3 Å². The Morgan fingerprint density at radius 2 is 1.88 bits per heavy atom. The minimum Gasteiger partial charge on any atom is -0.459 e. The summed E-state index contributed by atoms with van der Waals surface area (Å²) in [5.41, 5.74) is -0.190. The third-order valence-electron chi connectivity index (χ3n) is 2.97. The number of carbonyl (C=O) groups excluding carboxylic acids is 2. The van der Waals surface area contributed by atoms with Gasteiger partial charge < -0.3 is 9.47 Å². The predicted octanol–water partition coefficient (Wildman–Crippen LogP) is 1.61. The van der Waals surface area contributed by atoms with Gasteiger partial charge in [0.15, 0.2) is 6.04 Å². The van der Waals surface area contributed by atoms with Gasteiger partial charge in [-0.15, -0.1) is 0 Å². The smallest absolute Gasteiger partial charge is 0.426 e. The van der Waals surface area contributed by atoms with E-state index < -0.39 is 40.6 Å². The lowest BCUT2D eigenvalue weighted by Crippen LogP contribution is -2.46. The van der Waals surface area contributed by atoms with Crippen molar-refractivity contribution in [3.63, 3.8) is 0 Å². The van der Waals surface area contributed by atoms with E-state index in [4.69, 9.17) is 9.47 Å². The Bertz CT molecular complexity index is 709. The number of benzene rings is 1. The van der Waals surface area contributed by atoms with Gasteiger partial charge in [-0.2, -0.15) is 12.7 Å². The number of amides is 1. The second-order valence-electron chi connectivity index (χ2n) is 6.13. The molecule has 24 heavy (non-hydrogen) atoms. The molecule has 1 fully saturated rings. The molecule has 1 aromatic carbocycles. The molecule has 1 atom stereocenters. The van der Waals surface area contributed by atoms with Crippen molar-refractivity contribution >= 4 is 22.4 Å². The second kappa shape index (κ2) is 6.78. The van der Waals surface area contributed by atoms with E-state index in [1.54, 1.807) is 45.0 Å². The van der Waals surface area contributed by atoms with Gasteiger partial charge in [0.05, 0.1) is 0 Å². The van der Waals surface area contributed by atoms with Crippen molar-refractivity contribution in [2.45, 2.75) is 39.0 Å². The molecule has 0 saturated carbocycles. The average molecular weight is 357 g/mol. The lowest BCUT2D eigenvalue weighted by Gasteiger charge is -2.25. The van der Waals surface area contributed by atoms with Crippen LogP contribution in [0.5, 0.6) is 0 Å². The Morgan fingerprint density at radius 3 is 2.46 bits per heavy atom. The molecule has 0 N–H and O–H groups in total. The minimum absolute atomic E-state index is 0.0433. The van der Waals surface area contributed by atoms with E-state index in [1.807, 2.05) is 6.07 Å². The maximum Gasteiger partial charge on any atom is 0.426 e. The first-order chi connectivity index (χ1) is 11.1. The van der Waals surface area contributed by atoms with Gasteiger partial charge in [0.2, 0.25) is 0 Å². The molecule has 8 nitrogen and oxygen atoms in total. The molecule has 0 spiro atoms. The minimum atomic E-state index is -4.38. The molecule has 1 aliphatic heterocycles. The highest BCUT2D eigenvalue weighted by Crippen LogP contribution is 2.23. The summed E-state index contributed by atoms with van der Waals surface area (Å²) in [4.78, 5) is 24.3. The number of ether oxygens (including phenoxy) is 2. The van der Waals surface area contributed by atoms with Crippen LogP contribution >= 0.6 is 0 Å². The molecule has 0 radical (unpaired) electrons.